The van der Waals surface area contributed by atoms with Crippen LogP contribution >= 0.6 is 11.3 Å². The molecule has 0 bridgehead atoms. The zero-order valence-corrected chi connectivity index (χ0v) is 18.8. The fourth-order valence-corrected chi connectivity index (χ4v) is 6.41. The quantitative estimate of drug-likeness (QED) is 0.0744. The van der Waals surface area contributed by atoms with Crippen molar-refractivity contribution in [1.82, 2.24) is 15.2 Å². The second kappa shape index (κ2) is 8.99. The van der Waals surface area contributed by atoms with E-state index in [4.69, 9.17) is 20.4 Å². The van der Waals surface area contributed by atoms with Gasteiger partial charge in [-0.15, -0.1) is 11.3 Å². The number of hydrogen-bond donors (Lipinski definition) is 5. The van der Waals surface area contributed by atoms with Gasteiger partial charge in [-0.25, -0.2) is 14.7 Å². The summed E-state index contributed by atoms with van der Waals surface area (Å²) in [5.74, 6) is -5.49. The molecule has 0 unspecified atom stereocenters. The number of anilines is 1. The molecule has 3 saturated heterocycles. The molecule has 17 heteroatoms. The number of carbonyl (C=O) groups excluding carboxylic acids is 3. The Labute approximate surface area is 197 Å². The summed E-state index contributed by atoms with van der Waals surface area (Å²) in [6, 6.07) is -1.39. The van der Waals surface area contributed by atoms with Gasteiger partial charge in [0.1, 0.15) is 24.2 Å². The zero-order chi connectivity index (χ0) is 24.8. The number of oxime groups is 1. The number of aromatic nitrogens is 1. The number of nitrogens with zero attached hydrogens (tertiary/aromatic N) is 3. The lowest BCUT2D eigenvalue weighted by Gasteiger charge is -2.55. The summed E-state index contributed by atoms with van der Waals surface area (Å²) in [5.41, 5.74) is 2.87. The molecule has 1 aromatic heterocycles. The summed E-state index contributed by atoms with van der Waals surface area (Å²) in [6.45, 7) is -1.07. The van der Waals surface area contributed by atoms with Crippen LogP contribution in [0.25, 0.3) is 0 Å². The number of aliphatic hydroxyl groups excluding tert-OH is 2. The minimum Gasteiger partial charge on any atom is -0.615 e. The second-order valence-corrected chi connectivity index (χ2v) is 10.1. The van der Waals surface area contributed by atoms with Gasteiger partial charge in [0, 0.05) is 5.38 Å². The maximum Gasteiger partial charge on any atom is 0.371 e. The number of nitrogens with two attached hydrogens (primary N) is 1. The zero-order valence-electron chi connectivity index (χ0n) is 17.2. The van der Waals surface area contributed by atoms with E-state index >= 15 is 0 Å². The first-order chi connectivity index (χ1) is 16.1. The molecule has 0 aromatic carbocycles. The summed E-state index contributed by atoms with van der Waals surface area (Å²) >= 11 is -0.812. The molecule has 1 aromatic rings. The summed E-state index contributed by atoms with van der Waals surface area (Å²) in [7, 11) is 0. The number of aliphatic carboxylic acids is 1. The van der Waals surface area contributed by atoms with Crippen LogP contribution in [0.2, 0.25) is 0 Å². The molecule has 0 spiro atoms. The molecule has 0 saturated carbocycles. The van der Waals surface area contributed by atoms with Gasteiger partial charge in [-0.2, -0.15) is 0 Å². The highest BCUT2D eigenvalue weighted by Gasteiger charge is 2.76. The first-order valence-corrected chi connectivity index (χ1v) is 12.0. The molecular formula is C17H19N5O10S2. The number of esters is 1. The fourth-order valence-electron chi connectivity index (χ4n) is 3.94. The predicted octanol–water partition coefficient (Wildman–Crippen LogP) is -3.44. The maximum atomic E-state index is 12.9. The number of thiazole rings is 1. The van der Waals surface area contributed by atoms with Crippen LogP contribution in [0.3, 0.4) is 0 Å². The van der Waals surface area contributed by atoms with Crippen LogP contribution in [0.1, 0.15) is 12.1 Å². The van der Waals surface area contributed by atoms with Gasteiger partial charge in [0.05, 0.1) is 18.9 Å². The normalized spacial score (nSPS) is 31.1. The Morgan fingerprint density at radius 3 is 2.88 bits per heavy atom. The largest absolute Gasteiger partial charge is 0.615 e. The molecule has 0 radical (unpaired) electrons. The van der Waals surface area contributed by atoms with Crippen molar-refractivity contribution in [3.05, 3.63) is 11.1 Å². The van der Waals surface area contributed by atoms with Crippen molar-refractivity contribution in [2.24, 2.45) is 11.1 Å². The third kappa shape index (κ3) is 3.84. The molecule has 6 atom stereocenters. The van der Waals surface area contributed by atoms with Crippen LogP contribution in [0.4, 0.5) is 5.13 Å². The van der Waals surface area contributed by atoms with E-state index < -0.39 is 83.0 Å². The van der Waals surface area contributed by atoms with Crippen LogP contribution in [0.5, 0.6) is 0 Å². The molecule has 6 N–H and O–H groups in total. The van der Waals surface area contributed by atoms with E-state index in [-0.39, 0.29) is 23.0 Å². The Kier molecular flexibility index (Phi) is 6.38. The molecule has 3 aliphatic rings. The number of carbonyl (C=O) groups is 4. The first kappa shape index (κ1) is 24.1. The first-order valence-electron chi connectivity index (χ1n) is 9.76. The topological polar surface area (TPSA) is 237 Å². The third-order valence-electron chi connectivity index (χ3n) is 5.48. The number of carboxylic acid groups (broad SMARTS) is 1. The van der Waals surface area contributed by atoms with Gasteiger partial charge in [0.15, 0.2) is 16.9 Å². The van der Waals surface area contributed by atoms with E-state index in [2.05, 4.69) is 15.5 Å². The molecule has 4 rings (SSSR count). The van der Waals surface area contributed by atoms with Gasteiger partial charge >= 0.3 is 11.9 Å². The van der Waals surface area contributed by atoms with E-state index in [1.54, 1.807) is 0 Å². The molecule has 184 valence electrons. The van der Waals surface area contributed by atoms with Crippen molar-refractivity contribution in [3.8, 4) is 0 Å². The van der Waals surface area contributed by atoms with Gasteiger partial charge in [0.2, 0.25) is 5.37 Å². The number of hydrogen-bond acceptors (Lipinski definition) is 13. The van der Waals surface area contributed by atoms with Gasteiger partial charge in [-0.05, 0) is 11.2 Å². The number of nitrogens with one attached hydrogen (secondary N) is 1. The summed E-state index contributed by atoms with van der Waals surface area (Å²) < 4.78 is 17.8. The number of fused-ring (bicyclic) bond motifs is 3. The molecular weight excluding hydrogens is 498 g/mol. The van der Waals surface area contributed by atoms with E-state index in [1.807, 2.05) is 0 Å². The third-order valence-corrected chi connectivity index (χ3v) is 7.90. The highest BCUT2D eigenvalue weighted by Crippen LogP contribution is 2.48. The predicted molar refractivity (Wildman–Crippen MR) is 112 cm³/mol. The van der Waals surface area contributed by atoms with Gasteiger partial charge in [0.25, 0.3) is 17.5 Å². The monoisotopic (exact) mass is 517 g/mol. The van der Waals surface area contributed by atoms with Crippen molar-refractivity contribution < 1.29 is 48.6 Å². The van der Waals surface area contributed by atoms with Crippen molar-refractivity contribution >= 4 is 57.1 Å². The number of nitrogen functional groups attached to an aromatic ring is 1. The molecule has 4 heterocycles. The van der Waals surface area contributed by atoms with E-state index in [9.17, 15) is 33.9 Å². The number of ether oxygens (including phenoxy) is 1. The average Bonchev–Trinajstić information content (AvgIpc) is 3.35. The van der Waals surface area contributed by atoms with Gasteiger partial charge in [-0.3, -0.25) is 14.4 Å². The SMILES string of the molecule is Nc1nc(/C(=N/OC[C@@H](O)CO)C(=O)N[C@@H]2C(=O)N3[C@@H]2[S@@+]([O-])C[C@@H]2CC(=O)O[C@@]23C(=O)O)cs1. The van der Waals surface area contributed by atoms with E-state index in [0.29, 0.717) is 0 Å². The van der Waals surface area contributed by atoms with Crippen LogP contribution in [-0.2, 0) is 39.9 Å². The van der Waals surface area contributed by atoms with Crippen LogP contribution < -0.4 is 11.1 Å². The molecule has 3 fully saturated rings. The Morgan fingerprint density at radius 2 is 2.26 bits per heavy atom. The Balaban J connectivity index is 1.56. The minimum atomic E-state index is -2.28. The highest BCUT2D eigenvalue weighted by atomic mass is 32.2. The number of amides is 2. The van der Waals surface area contributed by atoms with Crippen molar-refractivity contribution in [2.45, 2.75) is 29.7 Å². The molecule has 3 aliphatic heterocycles. The smallest absolute Gasteiger partial charge is 0.371 e. The average molecular weight is 517 g/mol. The number of aliphatic hydroxyl groups is 2. The Bertz CT molecular complexity index is 1070. The second-order valence-electron chi connectivity index (χ2n) is 7.62. The van der Waals surface area contributed by atoms with Gasteiger partial charge < -0.3 is 40.5 Å². The van der Waals surface area contributed by atoms with Crippen molar-refractivity contribution in [3.63, 3.8) is 0 Å². The van der Waals surface area contributed by atoms with Crippen LogP contribution in [0.15, 0.2) is 10.5 Å². The van der Waals surface area contributed by atoms with E-state index in [1.165, 1.54) is 5.38 Å². The molecule has 34 heavy (non-hydrogen) atoms. The van der Waals surface area contributed by atoms with Crippen LogP contribution in [0, 0.1) is 5.92 Å². The Morgan fingerprint density at radius 1 is 1.53 bits per heavy atom. The molecule has 0 aliphatic carbocycles. The number of rotatable bonds is 8. The standard InChI is InChI=1S/C17H19N5O10S2/c18-16-19-8(4-33-16)10(21-31-3-7(24)2-23)12(26)20-11-13(27)22-14(11)34(30)5-6-1-9(25)32-17(6,22)15(28)29/h4,6-7,11,14,23-24H,1-3,5H2,(H2,18,19)(H,20,26)(H,28,29)/b21-10-/t6-,7-,11+,14+,17+,34-/m0/s1. The Hall–Kier alpha value is -2.99. The van der Waals surface area contributed by atoms with E-state index in [0.717, 1.165) is 16.2 Å². The lowest BCUT2D eigenvalue weighted by atomic mass is 9.89. The lowest BCUT2D eigenvalue weighted by Crippen LogP contribution is -2.84. The number of β-lactam (4-membered cyclic amide) rings is 1. The lowest BCUT2D eigenvalue weighted by molar-refractivity contribution is -0.216. The maximum absolute atomic E-state index is 12.9. The fraction of sp³-hybridized carbons (Fsp3) is 0.529. The number of carboxylic acids is 1. The summed E-state index contributed by atoms with van der Waals surface area (Å²) in [5, 5.41) is 34.2. The highest BCUT2D eigenvalue weighted by molar-refractivity contribution is 7.92. The van der Waals surface area contributed by atoms with Gasteiger partial charge in [-0.1, -0.05) is 5.16 Å². The van der Waals surface area contributed by atoms with Crippen LogP contribution in [-0.4, -0.2) is 101 Å². The van der Waals surface area contributed by atoms with Crippen molar-refractivity contribution in [2.75, 3.05) is 24.7 Å². The summed E-state index contributed by atoms with van der Waals surface area (Å²) in [4.78, 5) is 59.2. The van der Waals surface area contributed by atoms with Crippen molar-refractivity contribution in [1.29, 1.82) is 0 Å². The molecule has 2 amide bonds. The molecule has 15 nitrogen and oxygen atoms in total. The minimum absolute atomic E-state index is 0.0151. The summed E-state index contributed by atoms with van der Waals surface area (Å²) in [6.07, 6.45) is -1.57.